The van der Waals surface area contributed by atoms with Gasteiger partial charge in [-0.25, -0.2) is 14.8 Å². The first-order valence-corrected chi connectivity index (χ1v) is 13.3. The topological polar surface area (TPSA) is 234 Å². The van der Waals surface area contributed by atoms with Crippen LogP contribution < -0.4 is 27.4 Å². The number of aliphatic carboxylic acids is 1. The average Bonchev–Trinajstić information content (AvgIpc) is 3.67. The maximum Gasteiger partial charge on any atom is 0.326 e. The quantitative estimate of drug-likeness (QED) is 0.0948. The fourth-order valence-electron chi connectivity index (χ4n) is 4.16. The van der Waals surface area contributed by atoms with Crippen LogP contribution in [0.4, 0.5) is 0 Å². The summed E-state index contributed by atoms with van der Waals surface area (Å²) in [6.45, 7) is 0.481. The molecule has 220 valence electrons. The number of carboxylic acids is 1. The van der Waals surface area contributed by atoms with E-state index in [1.165, 1.54) is 25.0 Å². The van der Waals surface area contributed by atoms with Crippen LogP contribution in [0.2, 0.25) is 0 Å². The number of amides is 3. The average molecular weight is 568 g/mol. The maximum absolute atomic E-state index is 13.5. The smallest absolute Gasteiger partial charge is 0.326 e. The predicted molar refractivity (Wildman–Crippen MR) is 149 cm³/mol. The molecule has 0 spiro atoms. The zero-order valence-electron chi connectivity index (χ0n) is 22.6. The van der Waals surface area contributed by atoms with Gasteiger partial charge in [0.25, 0.3) is 0 Å². The molecule has 0 aliphatic rings. The molecule has 0 radical (unpaired) electrons. The number of imidazole rings is 2. The molecule has 10 N–H and O–H groups in total. The largest absolute Gasteiger partial charge is 0.480 e. The number of hydrogen-bond acceptors (Lipinski definition) is 8. The highest BCUT2D eigenvalue weighted by Crippen LogP contribution is 2.08. The van der Waals surface area contributed by atoms with Crippen molar-refractivity contribution in [3.8, 4) is 0 Å². The van der Waals surface area contributed by atoms with Crippen LogP contribution in [0.5, 0.6) is 0 Å². The van der Waals surface area contributed by atoms with E-state index in [1.807, 2.05) is 6.07 Å². The van der Waals surface area contributed by atoms with Crippen LogP contribution in [-0.2, 0) is 38.4 Å². The lowest BCUT2D eigenvalue weighted by Gasteiger charge is -2.25. The van der Waals surface area contributed by atoms with Crippen molar-refractivity contribution in [3.05, 3.63) is 72.3 Å². The molecule has 4 unspecified atom stereocenters. The molecule has 3 amide bonds. The number of carboxylic acid groups (broad SMARTS) is 1. The first kappa shape index (κ1) is 31.0. The normalized spacial score (nSPS) is 13.9. The van der Waals surface area contributed by atoms with Crippen LogP contribution in [-0.4, -0.2) is 79.4 Å². The lowest BCUT2D eigenvalue weighted by molar-refractivity contribution is -0.142. The van der Waals surface area contributed by atoms with Gasteiger partial charge in [-0.2, -0.15) is 0 Å². The summed E-state index contributed by atoms with van der Waals surface area (Å²) in [5, 5.41) is 17.6. The summed E-state index contributed by atoms with van der Waals surface area (Å²) < 4.78 is 0. The standard InChI is InChI=1S/C27H37N9O5/c28-9-5-4-8-20(29)24(37)34-22(11-18-13-30-15-32-18)26(39)35-21(10-17-6-2-1-3-7-17)25(38)36-23(27(40)41)12-19-14-31-16-33-19/h1-3,6-7,13-16,20-23H,4-5,8-12,28-29H2,(H,30,32)(H,31,33)(H,34,37)(H,35,39)(H,36,38)(H,40,41). The molecule has 1 aromatic carbocycles. The first-order chi connectivity index (χ1) is 19.8. The van der Waals surface area contributed by atoms with Gasteiger partial charge in [-0.3, -0.25) is 14.4 Å². The minimum atomic E-state index is -1.27. The second-order valence-corrected chi connectivity index (χ2v) is 9.66. The summed E-state index contributed by atoms with van der Waals surface area (Å²) in [7, 11) is 0. The fraction of sp³-hybridized carbons (Fsp3) is 0.407. The zero-order chi connectivity index (χ0) is 29.6. The van der Waals surface area contributed by atoms with Crippen LogP contribution in [0.15, 0.2) is 55.4 Å². The van der Waals surface area contributed by atoms with Gasteiger partial charge in [0.15, 0.2) is 0 Å². The molecule has 0 bridgehead atoms. The zero-order valence-corrected chi connectivity index (χ0v) is 22.6. The van der Waals surface area contributed by atoms with Gasteiger partial charge < -0.3 is 42.5 Å². The summed E-state index contributed by atoms with van der Waals surface area (Å²) in [6, 6.07) is 4.62. The Morgan fingerprint density at radius 1 is 0.780 bits per heavy atom. The van der Waals surface area contributed by atoms with Crippen molar-refractivity contribution in [1.82, 2.24) is 35.9 Å². The van der Waals surface area contributed by atoms with Gasteiger partial charge in [-0.05, 0) is 24.9 Å². The highest BCUT2D eigenvalue weighted by Gasteiger charge is 2.31. The summed E-state index contributed by atoms with van der Waals surface area (Å²) in [4.78, 5) is 65.2. The van der Waals surface area contributed by atoms with Gasteiger partial charge in [-0.1, -0.05) is 36.8 Å². The summed E-state index contributed by atoms with van der Waals surface area (Å²) in [5.41, 5.74) is 13.4. The van der Waals surface area contributed by atoms with Crippen molar-refractivity contribution in [2.75, 3.05) is 6.54 Å². The number of benzene rings is 1. The lowest BCUT2D eigenvalue weighted by Crippen LogP contribution is -2.58. The molecule has 3 aromatic rings. The van der Waals surface area contributed by atoms with Gasteiger partial charge in [-0.15, -0.1) is 0 Å². The summed E-state index contributed by atoms with van der Waals surface area (Å²) >= 11 is 0. The molecule has 0 saturated carbocycles. The number of H-pyrrole nitrogens is 2. The van der Waals surface area contributed by atoms with Crippen molar-refractivity contribution in [2.45, 2.75) is 62.7 Å². The van der Waals surface area contributed by atoms with Gasteiger partial charge >= 0.3 is 5.97 Å². The molecule has 2 aromatic heterocycles. The molecular weight excluding hydrogens is 530 g/mol. The Morgan fingerprint density at radius 2 is 1.32 bits per heavy atom. The van der Waals surface area contributed by atoms with Crippen LogP contribution in [0.25, 0.3) is 0 Å². The van der Waals surface area contributed by atoms with Crippen molar-refractivity contribution >= 4 is 23.7 Å². The number of unbranched alkanes of at least 4 members (excludes halogenated alkanes) is 1. The molecular formula is C27H37N9O5. The van der Waals surface area contributed by atoms with E-state index in [4.69, 9.17) is 11.5 Å². The third-order valence-corrected chi connectivity index (χ3v) is 6.43. The molecule has 2 heterocycles. The van der Waals surface area contributed by atoms with E-state index in [1.54, 1.807) is 24.3 Å². The van der Waals surface area contributed by atoms with E-state index < -0.39 is 47.9 Å². The number of aromatic amines is 2. The van der Waals surface area contributed by atoms with E-state index in [2.05, 4.69) is 35.9 Å². The van der Waals surface area contributed by atoms with Crippen LogP contribution >= 0.6 is 0 Å². The molecule has 0 fully saturated rings. The Balaban J connectivity index is 1.78. The van der Waals surface area contributed by atoms with Gasteiger partial charge in [0.05, 0.1) is 18.7 Å². The number of carbonyl (C=O) groups is 4. The highest BCUT2D eigenvalue weighted by atomic mass is 16.4. The second-order valence-electron chi connectivity index (χ2n) is 9.66. The van der Waals surface area contributed by atoms with Gasteiger partial charge in [0.1, 0.15) is 18.1 Å². The minimum Gasteiger partial charge on any atom is -0.480 e. The number of carbonyl (C=O) groups excluding carboxylic acids is 3. The third kappa shape index (κ3) is 10.2. The number of nitrogens with one attached hydrogen (secondary N) is 5. The summed E-state index contributed by atoms with van der Waals surface area (Å²) in [5.74, 6) is -3.10. The third-order valence-electron chi connectivity index (χ3n) is 6.43. The van der Waals surface area contributed by atoms with Crippen molar-refractivity contribution in [1.29, 1.82) is 0 Å². The maximum atomic E-state index is 13.5. The minimum absolute atomic E-state index is 0.0341. The molecule has 41 heavy (non-hydrogen) atoms. The molecule has 4 atom stereocenters. The van der Waals surface area contributed by atoms with Crippen LogP contribution in [0.1, 0.15) is 36.2 Å². The molecule has 14 heteroatoms. The number of nitrogens with zero attached hydrogens (tertiary/aromatic N) is 2. The number of rotatable bonds is 17. The number of hydrogen-bond donors (Lipinski definition) is 8. The van der Waals surface area contributed by atoms with E-state index in [9.17, 15) is 24.3 Å². The first-order valence-electron chi connectivity index (χ1n) is 13.3. The van der Waals surface area contributed by atoms with Crippen LogP contribution in [0, 0.1) is 0 Å². The van der Waals surface area contributed by atoms with Crippen molar-refractivity contribution in [3.63, 3.8) is 0 Å². The van der Waals surface area contributed by atoms with E-state index in [-0.39, 0.29) is 19.3 Å². The monoisotopic (exact) mass is 567 g/mol. The number of aromatic nitrogens is 4. The van der Waals surface area contributed by atoms with Crippen molar-refractivity contribution < 1.29 is 24.3 Å². The number of nitrogens with two attached hydrogens (primary N) is 2. The van der Waals surface area contributed by atoms with Gasteiger partial charge in [0.2, 0.25) is 17.7 Å². The Morgan fingerprint density at radius 3 is 1.85 bits per heavy atom. The SMILES string of the molecule is NCCCCC(N)C(=O)NC(Cc1cnc[nH]1)C(=O)NC(Cc1ccccc1)C(=O)NC(Cc1cnc[nH]1)C(=O)O. The van der Waals surface area contributed by atoms with E-state index >= 15 is 0 Å². The highest BCUT2D eigenvalue weighted by molar-refractivity contribution is 5.94. The van der Waals surface area contributed by atoms with E-state index in [0.29, 0.717) is 37.2 Å². The van der Waals surface area contributed by atoms with Crippen LogP contribution in [0.3, 0.4) is 0 Å². The predicted octanol–water partition coefficient (Wildman–Crippen LogP) is -0.844. The second kappa shape index (κ2) is 15.9. The van der Waals surface area contributed by atoms with Gasteiger partial charge in [0, 0.05) is 43.0 Å². The molecule has 3 rings (SSSR count). The Hall–Kier alpha value is -4.56. The molecule has 14 nitrogen and oxygen atoms in total. The molecule has 0 aliphatic carbocycles. The Labute approximate surface area is 237 Å². The van der Waals surface area contributed by atoms with Crippen molar-refractivity contribution in [2.24, 2.45) is 11.5 Å². The fourth-order valence-corrected chi connectivity index (χ4v) is 4.16. The lowest BCUT2D eigenvalue weighted by atomic mass is 10.0. The molecule has 0 aliphatic heterocycles. The summed E-state index contributed by atoms with van der Waals surface area (Å²) in [6.07, 6.45) is 7.72. The van der Waals surface area contributed by atoms with E-state index in [0.717, 1.165) is 5.56 Å². The molecule has 0 saturated heterocycles. The Kier molecular flexibility index (Phi) is 12.0. The Bertz CT molecular complexity index is 1240.